The molecule has 6 heteroatoms. The van der Waals surface area contributed by atoms with E-state index in [1.54, 1.807) is 25.3 Å². The minimum Gasteiger partial charge on any atom is -0.496 e. The van der Waals surface area contributed by atoms with E-state index in [0.29, 0.717) is 18.6 Å². The van der Waals surface area contributed by atoms with Gasteiger partial charge in [-0.25, -0.2) is 8.42 Å². The Morgan fingerprint density at radius 2 is 2.11 bits per heavy atom. The molecule has 1 atom stereocenters. The molecule has 1 aromatic rings. The molecule has 0 heterocycles. The van der Waals surface area contributed by atoms with Crippen molar-refractivity contribution in [1.82, 2.24) is 0 Å². The monoisotopic (exact) mass is 336 g/mol. The lowest BCUT2D eigenvalue weighted by molar-refractivity contribution is 0.166. The van der Waals surface area contributed by atoms with Crippen LogP contribution in [0.3, 0.4) is 0 Å². The third-order valence-corrected chi connectivity index (χ3v) is 4.20. The topological polar surface area (TPSA) is 63.6 Å². The van der Waals surface area contributed by atoms with Gasteiger partial charge >= 0.3 is 0 Å². The smallest absolute Gasteiger partial charge is 0.147 e. The van der Waals surface area contributed by atoms with Gasteiger partial charge in [-0.05, 0) is 46.5 Å². The molecule has 102 valence electrons. The molecule has 1 N–H and O–H groups in total. The zero-order valence-electron chi connectivity index (χ0n) is 10.4. The summed E-state index contributed by atoms with van der Waals surface area (Å²) in [5.41, 5.74) is 0.746. The van der Waals surface area contributed by atoms with Crippen LogP contribution in [-0.4, -0.2) is 32.6 Å². The molecule has 0 fully saturated rings. The summed E-state index contributed by atoms with van der Waals surface area (Å²) in [4.78, 5) is 0. The van der Waals surface area contributed by atoms with Crippen molar-refractivity contribution in [2.24, 2.45) is 0 Å². The van der Waals surface area contributed by atoms with Gasteiger partial charge in [-0.3, -0.25) is 0 Å². The quantitative estimate of drug-likeness (QED) is 0.865. The number of aliphatic hydroxyl groups excluding tert-OH is 1. The summed E-state index contributed by atoms with van der Waals surface area (Å²) in [5, 5.41) is 9.95. The Bertz CT molecular complexity index is 499. The number of sulfone groups is 1. The van der Waals surface area contributed by atoms with Gasteiger partial charge in [0.05, 0.1) is 17.7 Å². The molecule has 0 spiro atoms. The van der Waals surface area contributed by atoms with E-state index in [0.717, 1.165) is 10.0 Å². The van der Waals surface area contributed by atoms with Gasteiger partial charge in [-0.2, -0.15) is 0 Å². The zero-order chi connectivity index (χ0) is 13.8. The SMILES string of the molecule is COc1ccc(C(O)CCCS(C)(=O)=O)cc1Br. The van der Waals surface area contributed by atoms with Crippen LogP contribution in [-0.2, 0) is 9.84 Å². The molecule has 0 aliphatic rings. The summed E-state index contributed by atoms with van der Waals surface area (Å²) in [6.07, 6.45) is 1.41. The molecule has 0 saturated carbocycles. The van der Waals surface area contributed by atoms with E-state index in [1.807, 2.05) is 0 Å². The minimum absolute atomic E-state index is 0.0986. The second-order valence-corrected chi connectivity index (χ2v) is 7.30. The molecular formula is C12H17BrO4S. The fraction of sp³-hybridized carbons (Fsp3) is 0.500. The molecule has 1 unspecified atom stereocenters. The van der Waals surface area contributed by atoms with Crippen LogP contribution in [0.4, 0.5) is 0 Å². The predicted octanol–water partition coefficient (Wildman–Crippen LogP) is 2.32. The van der Waals surface area contributed by atoms with Gasteiger partial charge in [0, 0.05) is 12.0 Å². The Morgan fingerprint density at radius 1 is 1.44 bits per heavy atom. The van der Waals surface area contributed by atoms with Crippen LogP contribution >= 0.6 is 15.9 Å². The highest BCUT2D eigenvalue weighted by Gasteiger charge is 2.11. The van der Waals surface area contributed by atoms with Crippen molar-refractivity contribution in [1.29, 1.82) is 0 Å². The van der Waals surface area contributed by atoms with Crippen LogP contribution in [0.25, 0.3) is 0 Å². The number of rotatable bonds is 6. The maximum absolute atomic E-state index is 11.0. The van der Waals surface area contributed by atoms with Gasteiger partial charge in [0.15, 0.2) is 0 Å². The van der Waals surface area contributed by atoms with Crippen molar-refractivity contribution in [3.63, 3.8) is 0 Å². The van der Waals surface area contributed by atoms with Crippen molar-refractivity contribution in [3.8, 4) is 5.75 Å². The lowest BCUT2D eigenvalue weighted by atomic mass is 10.1. The molecule has 0 bridgehead atoms. The Kier molecular flexibility index (Phi) is 5.62. The maximum atomic E-state index is 11.0. The van der Waals surface area contributed by atoms with E-state index >= 15 is 0 Å². The van der Waals surface area contributed by atoms with Crippen molar-refractivity contribution < 1.29 is 18.3 Å². The molecule has 0 radical (unpaired) electrons. The Labute approximate surface area is 116 Å². The number of ether oxygens (including phenoxy) is 1. The van der Waals surface area contributed by atoms with Gasteiger partial charge < -0.3 is 9.84 Å². The van der Waals surface area contributed by atoms with Crippen molar-refractivity contribution in [3.05, 3.63) is 28.2 Å². The maximum Gasteiger partial charge on any atom is 0.147 e. The first kappa shape index (κ1) is 15.5. The van der Waals surface area contributed by atoms with Crippen LogP contribution < -0.4 is 4.74 Å². The number of halogens is 1. The number of benzene rings is 1. The Balaban J connectivity index is 2.62. The van der Waals surface area contributed by atoms with Crippen LogP contribution in [0.5, 0.6) is 5.75 Å². The highest BCUT2D eigenvalue weighted by atomic mass is 79.9. The number of hydrogen-bond donors (Lipinski definition) is 1. The molecule has 0 aromatic heterocycles. The second kappa shape index (κ2) is 6.54. The Morgan fingerprint density at radius 3 is 2.61 bits per heavy atom. The zero-order valence-corrected chi connectivity index (χ0v) is 12.8. The number of hydrogen-bond acceptors (Lipinski definition) is 4. The third kappa shape index (κ3) is 4.96. The van der Waals surface area contributed by atoms with Gasteiger partial charge in [0.25, 0.3) is 0 Å². The molecule has 0 aliphatic heterocycles. The summed E-state index contributed by atoms with van der Waals surface area (Å²) in [6, 6.07) is 5.32. The van der Waals surface area contributed by atoms with Crippen LogP contribution in [0.1, 0.15) is 24.5 Å². The molecule has 0 aliphatic carbocycles. The molecule has 0 amide bonds. The predicted molar refractivity (Wildman–Crippen MR) is 74.6 cm³/mol. The van der Waals surface area contributed by atoms with Crippen molar-refractivity contribution >= 4 is 25.8 Å². The van der Waals surface area contributed by atoms with Gasteiger partial charge in [-0.1, -0.05) is 6.07 Å². The lowest BCUT2D eigenvalue weighted by Gasteiger charge is -2.12. The summed E-state index contributed by atoms with van der Waals surface area (Å²) in [5.74, 6) is 0.795. The van der Waals surface area contributed by atoms with Gasteiger partial charge in [0.1, 0.15) is 15.6 Å². The normalized spacial score (nSPS) is 13.3. The van der Waals surface area contributed by atoms with E-state index in [2.05, 4.69) is 15.9 Å². The highest BCUT2D eigenvalue weighted by molar-refractivity contribution is 9.10. The molecule has 1 aromatic carbocycles. The standard InChI is InChI=1S/C12H17BrO4S/c1-17-12-6-5-9(8-10(12)13)11(14)4-3-7-18(2,15)16/h5-6,8,11,14H,3-4,7H2,1-2H3. The third-order valence-electron chi connectivity index (χ3n) is 2.55. The molecule has 4 nitrogen and oxygen atoms in total. The van der Waals surface area contributed by atoms with E-state index in [1.165, 1.54) is 6.26 Å². The van der Waals surface area contributed by atoms with E-state index in [4.69, 9.17) is 4.74 Å². The molecule has 1 rings (SSSR count). The van der Waals surface area contributed by atoms with E-state index in [-0.39, 0.29) is 5.75 Å². The number of methoxy groups -OCH3 is 1. The first-order chi connectivity index (χ1) is 8.33. The molecule has 18 heavy (non-hydrogen) atoms. The average Bonchev–Trinajstić information content (AvgIpc) is 2.27. The van der Waals surface area contributed by atoms with Crippen molar-refractivity contribution in [2.75, 3.05) is 19.1 Å². The summed E-state index contributed by atoms with van der Waals surface area (Å²) in [7, 11) is -1.39. The van der Waals surface area contributed by atoms with Crippen molar-refractivity contribution in [2.45, 2.75) is 18.9 Å². The summed E-state index contributed by atoms with van der Waals surface area (Å²) < 4.78 is 27.8. The van der Waals surface area contributed by atoms with Crippen LogP contribution in [0.15, 0.2) is 22.7 Å². The summed E-state index contributed by atoms with van der Waals surface area (Å²) >= 11 is 3.34. The largest absolute Gasteiger partial charge is 0.496 e. The van der Waals surface area contributed by atoms with Crippen LogP contribution in [0.2, 0.25) is 0 Å². The highest BCUT2D eigenvalue weighted by Crippen LogP contribution is 2.29. The van der Waals surface area contributed by atoms with E-state index in [9.17, 15) is 13.5 Å². The Hall–Kier alpha value is -0.590. The molecule has 0 saturated heterocycles. The van der Waals surface area contributed by atoms with E-state index < -0.39 is 15.9 Å². The fourth-order valence-corrected chi connectivity index (χ4v) is 2.84. The average molecular weight is 337 g/mol. The molecular weight excluding hydrogens is 320 g/mol. The van der Waals surface area contributed by atoms with Gasteiger partial charge in [0.2, 0.25) is 0 Å². The second-order valence-electron chi connectivity index (χ2n) is 4.18. The number of aliphatic hydroxyl groups is 1. The van der Waals surface area contributed by atoms with Crippen LogP contribution in [0, 0.1) is 0 Å². The first-order valence-electron chi connectivity index (χ1n) is 5.52. The first-order valence-corrected chi connectivity index (χ1v) is 8.38. The van der Waals surface area contributed by atoms with Gasteiger partial charge in [-0.15, -0.1) is 0 Å². The fourth-order valence-electron chi connectivity index (χ4n) is 1.60. The summed E-state index contributed by atoms with van der Waals surface area (Å²) in [6.45, 7) is 0. The minimum atomic E-state index is -2.96. The lowest BCUT2D eigenvalue weighted by Crippen LogP contribution is -2.06.